The average molecular weight is 257 g/mol. The first-order valence-corrected chi connectivity index (χ1v) is 5.93. The van der Waals surface area contributed by atoms with Crippen LogP contribution in [0, 0.1) is 0 Å². The molecule has 4 nitrogen and oxygen atoms in total. The summed E-state index contributed by atoms with van der Waals surface area (Å²) in [5.74, 6) is -0.301. The first kappa shape index (κ1) is 13.8. The maximum atomic E-state index is 11.7. The number of nitrogens with two attached hydrogens (primary N) is 1. The summed E-state index contributed by atoms with van der Waals surface area (Å²) in [6.07, 6.45) is 1.02. The monoisotopic (exact) mass is 256 g/mol. The summed E-state index contributed by atoms with van der Waals surface area (Å²) in [5, 5.41) is 12.4. The van der Waals surface area contributed by atoms with Crippen molar-refractivity contribution in [1.29, 1.82) is 0 Å². The highest BCUT2D eigenvalue weighted by molar-refractivity contribution is 6.34. The van der Waals surface area contributed by atoms with Gasteiger partial charge in [-0.2, -0.15) is 0 Å². The fraction of sp³-hybridized carbons (Fsp3) is 0.417. The minimum absolute atomic E-state index is 0.230. The number of hydrogen-bond acceptors (Lipinski definition) is 3. The Bertz CT molecular complexity index is 396. The second kappa shape index (κ2) is 6.47. The Kier molecular flexibility index (Phi) is 5.25. The van der Waals surface area contributed by atoms with E-state index in [0.717, 1.165) is 6.42 Å². The predicted octanol–water partition coefficient (Wildman–Crippen LogP) is 1.81. The molecule has 0 aliphatic carbocycles. The first-order chi connectivity index (χ1) is 8.04. The lowest BCUT2D eigenvalue weighted by Crippen LogP contribution is -2.32. The molecule has 0 aliphatic heterocycles. The number of rotatable bonds is 5. The number of anilines is 1. The van der Waals surface area contributed by atoms with Crippen molar-refractivity contribution in [3.05, 3.63) is 28.8 Å². The van der Waals surface area contributed by atoms with E-state index in [-0.39, 0.29) is 12.5 Å². The van der Waals surface area contributed by atoms with Crippen LogP contribution in [0.15, 0.2) is 18.2 Å². The smallest absolute Gasteiger partial charge is 0.252 e. The molecule has 0 heterocycles. The highest BCUT2D eigenvalue weighted by Crippen LogP contribution is 2.18. The van der Waals surface area contributed by atoms with Crippen LogP contribution in [0.5, 0.6) is 0 Å². The van der Waals surface area contributed by atoms with E-state index in [0.29, 0.717) is 22.7 Å². The van der Waals surface area contributed by atoms with E-state index < -0.39 is 6.10 Å². The Morgan fingerprint density at radius 1 is 1.59 bits per heavy atom. The number of amides is 1. The fourth-order valence-corrected chi connectivity index (χ4v) is 1.73. The molecule has 0 bridgehead atoms. The van der Waals surface area contributed by atoms with E-state index in [4.69, 9.17) is 17.3 Å². The molecular weight excluding hydrogens is 240 g/mol. The Morgan fingerprint density at radius 3 is 2.88 bits per heavy atom. The Labute approximate surface area is 106 Å². The molecule has 0 radical (unpaired) electrons. The lowest BCUT2D eigenvalue weighted by atomic mass is 10.1. The highest BCUT2D eigenvalue weighted by Gasteiger charge is 2.11. The van der Waals surface area contributed by atoms with Gasteiger partial charge in [0.15, 0.2) is 0 Å². The van der Waals surface area contributed by atoms with E-state index in [1.165, 1.54) is 6.07 Å². The molecule has 17 heavy (non-hydrogen) atoms. The van der Waals surface area contributed by atoms with E-state index in [1.807, 2.05) is 6.92 Å². The number of nitrogen functional groups attached to an aromatic ring is 1. The molecule has 1 amide bonds. The van der Waals surface area contributed by atoms with Crippen LogP contribution in [0.4, 0.5) is 5.69 Å². The van der Waals surface area contributed by atoms with Crippen molar-refractivity contribution in [3.63, 3.8) is 0 Å². The zero-order valence-corrected chi connectivity index (χ0v) is 10.5. The minimum Gasteiger partial charge on any atom is -0.399 e. The maximum Gasteiger partial charge on any atom is 0.252 e. The normalized spacial score (nSPS) is 12.2. The van der Waals surface area contributed by atoms with Crippen LogP contribution in [0.2, 0.25) is 5.02 Å². The Hall–Kier alpha value is -1.26. The quantitative estimate of drug-likeness (QED) is 0.704. The van der Waals surface area contributed by atoms with Gasteiger partial charge in [-0.15, -0.1) is 0 Å². The number of carbonyl (C=O) groups is 1. The summed E-state index contributed by atoms with van der Waals surface area (Å²) >= 11 is 5.90. The number of carbonyl (C=O) groups excluding carboxylic acids is 1. The summed E-state index contributed by atoms with van der Waals surface area (Å²) < 4.78 is 0. The van der Waals surface area contributed by atoms with Gasteiger partial charge in [0.25, 0.3) is 5.91 Å². The van der Waals surface area contributed by atoms with Gasteiger partial charge in [0.1, 0.15) is 0 Å². The van der Waals surface area contributed by atoms with Gasteiger partial charge in [-0.3, -0.25) is 4.79 Å². The second-order valence-electron chi connectivity index (χ2n) is 3.89. The molecule has 1 aromatic carbocycles. The molecule has 1 rings (SSSR count). The molecule has 0 saturated carbocycles. The Balaban J connectivity index is 2.58. The van der Waals surface area contributed by atoms with Gasteiger partial charge >= 0.3 is 0 Å². The van der Waals surface area contributed by atoms with Crippen LogP contribution in [-0.4, -0.2) is 23.7 Å². The van der Waals surface area contributed by atoms with Crippen LogP contribution in [0.3, 0.4) is 0 Å². The molecule has 0 spiro atoms. The number of halogens is 1. The maximum absolute atomic E-state index is 11.7. The largest absolute Gasteiger partial charge is 0.399 e. The van der Waals surface area contributed by atoms with Crippen LogP contribution >= 0.6 is 11.6 Å². The number of nitrogens with one attached hydrogen (secondary N) is 1. The SMILES string of the molecule is CCCC(O)CNC(=O)c1ccc(N)cc1Cl. The van der Waals surface area contributed by atoms with Crippen molar-refractivity contribution >= 4 is 23.2 Å². The third kappa shape index (κ3) is 4.24. The van der Waals surface area contributed by atoms with E-state index in [2.05, 4.69) is 5.32 Å². The van der Waals surface area contributed by atoms with Crippen molar-refractivity contribution in [2.45, 2.75) is 25.9 Å². The van der Waals surface area contributed by atoms with Crippen molar-refractivity contribution in [2.24, 2.45) is 0 Å². The fourth-order valence-electron chi connectivity index (χ4n) is 1.46. The van der Waals surface area contributed by atoms with Gasteiger partial charge < -0.3 is 16.2 Å². The van der Waals surface area contributed by atoms with Crippen molar-refractivity contribution in [2.75, 3.05) is 12.3 Å². The molecule has 4 N–H and O–H groups in total. The van der Waals surface area contributed by atoms with Gasteiger partial charge in [0, 0.05) is 12.2 Å². The molecule has 0 saturated heterocycles. The molecule has 1 atom stereocenters. The molecular formula is C12H17ClN2O2. The number of aliphatic hydroxyl groups excluding tert-OH is 1. The van der Waals surface area contributed by atoms with Crippen molar-refractivity contribution in [1.82, 2.24) is 5.32 Å². The predicted molar refractivity (Wildman–Crippen MR) is 69.1 cm³/mol. The van der Waals surface area contributed by atoms with E-state index in [9.17, 15) is 9.90 Å². The van der Waals surface area contributed by atoms with Crippen molar-refractivity contribution < 1.29 is 9.90 Å². The highest BCUT2D eigenvalue weighted by atomic mass is 35.5. The Morgan fingerprint density at radius 2 is 2.29 bits per heavy atom. The molecule has 0 aromatic heterocycles. The lowest BCUT2D eigenvalue weighted by molar-refractivity contribution is 0.0910. The zero-order valence-electron chi connectivity index (χ0n) is 9.74. The van der Waals surface area contributed by atoms with E-state index >= 15 is 0 Å². The van der Waals surface area contributed by atoms with Crippen LogP contribution < -0.4 is 11.1 Å². The number of benzene rings is 1. The number of aliphatic hydroxyl groups is 1. The van der Waals surface area contributed by atoms with Gasteiger partial charge in [0.2, 0.25) is 0 Å². The van der Waals surface area contributed by atoms with Gasteiger partial charge in [0.05, 0.1) is 16.7 Å². The third-order valence-electron chi connectivity index (χ3n) is 2.36. The summed E-state index contributed by atoms with van der Waals surface area (Å²) in [5.41, 5.74) is 6.41. The van der Waals surface area contributed by atoms with Gasteiger partial charge in [-0.05, 0) is 24.6 Å². The first-order valence-electron chi connectivity index (χ1n) is 5.56. The summed E-state index contributed by atoms with van der Waals surface area (Å²) in [7, 11) is 0. The lowest BCUT2D eigenvalue weighted by Gasteiger charge is -2.11. The molecule has 0 aliphatic rings. The van der Waals surface area contributed by atoms with E-state index in [1.54, 1.807) is 12.1 Å². The summed E-state index contributed by atoms with van der Waals surface area (Å²) in [6, 6.07) is 4.71. The topological polar surface area (TPSA) is 75.3 Å². The summed E-state index contributed by atoms with van der Waals surface area (Å²) in [6.45, 7) is 2.20. The molecule has 5 heteroatoms. The molecule has 1 aromatic rings. The van der Waals surface area contributed by atoms with Crippen LogP contribution in [0.25, 0.3) is 0 Å². The minimum atomic E-state index is -0.517. The molecule has 0 fully saturated rings. The standard InChI is InChI=1S/C12H17ClN2O2/c1-2-3-9(16)7-15-12(17)10-5-4-8(14)6-11(10)13/h4-6,9,16H,2-3,7,14H2,1H3,(H,15,17). The molecule has 94 valence electrons. The van der Waals surface area contributed by atoms with Crippen molar-refractivity contribution in [3.8, 4) is 0 Å². The average Bonchev–Trinajstić information content (AvgIpc) is 2.26. The molecule has 1 unspecified atom stereocenters. The zero-order chi connectivity index (χ0) is 12.8. The van der Waals surface area contributed by atoms with Gasteiger partial charge in [-0.25, -0.2) is 0 Å². The number of hydrogen-bond donors (Lipinski definition) is 3. The summed E-state index contributed by atoms with van der Waals surface area (Å²) in [4.78, 5) is 11.7. The van der Waals surface area contributed by atoms with Gasteiger partial charge in [-0.1, -0.05) is 24.9 Å². The second-order valence-corrected chi connectivity index (χ2v) is 4.30. The van der Waals surface area contributed by atoms with Crippen LogP contribution in [0.1, 0.15) is 30.1 Å². The third-order valence-corrected chi connectivity index (χ3v) is 2.67. The van der Waals surface area contributed by atoms with Crippen LogP contribution in [-0.2, 0) is 0 Å².